The van der Waals surface area contributed by atoms with Crippen LogP contribution in [0.4, 0.5) is 0 Å². The maximum Gasteiger partial charge on any atom is 0.251 e. The lowest BCUT2D eigenvalue weighted by molar-refractivity contribution is 0.0928. The van der Waals surface area contributed by atoms with Gasteiger partial charge in [0.2, 0.25) is 6.79 Å². The minimum atomic E-state index is -0.0131. The van der Waals surface area contributed by atoms with Crippen LogP contribution in [0.1, 0.15) is 29.6 Å². The summed E-state index contributed by atoms with van der Waals surface area (Å²) in [7, 11) is 0. The zero-order valence-corrected chi connectivity index (χ0v) is 12.0. The molecule has 0 unspecified atom stereocenters. The third-order valence-electron chi connectivity index (χ3n) is 4.77. The normalized spacial score (nSPS) is 30.0. The van der Waals surface area contributed by atoms with Gasteiger partial charge in [-0.1, -0.05) is 0 Å². The Balaban J connectivity index is 1.45. The van der Waals surface area contributed by atoms with E-state index < -0.39 is 0 Å². The van der Waals surface area contributed by atoms with Gasteiger partial charge in [-0.3, -0.25) is 4.79 Å². The average Bonchev–Trinajstić information content (AvgIpc) is 2.78. The van der Waals surface area contributed by atoms with Crippen molar-refractivity contribution in [1.82, 2.24) is 10.2 Å². The van der Waals surface area contributed by atoms with Crippen LogP contribution >= 0.6 is 0 Å². The van der Waals surface area contributed by atoms with Gasteiger partial charge >= 0.3 is 0 Å². The van der Waals surface area contributed by atoms with Crippen molar-refractivity contribution >= 4 is 5.91 Å². The number of piperidine rings is 1. The van der Waals surface area contributed by atoms with Gasteiger partial charge in [-0.25, -0.2) is 0 Å². The Kier molecular flexibility index (Phi) is 3.22. The van der Waals surface area contributed by atoms with Gasteiger partial charge in [0.25, 0.3) is 5.91 Å². The summed E-state index contributed by atoms with van der Waals surface area (Å²) >= 11 is 0. The van der Waals surface area contributed by atoms with E-state index in [2.05, 4.69) is 10.2 Å². The Morgan fingerprint density at radius 3 is 2.86 bits per heavy atom. The third-order valence-corrected chi connectivity index (χ3v) is 4.77. The summed E-state index contributed by atoms with van der Waals surface area (Å²) in [5.74, 6) is 2.13. The van der Waals surface area contributed by atoms with Crippen molar-refractivity contribution in [3.8, 4) is 11.5 Å². The second kappa shape index (κ2) is 5.22. The summed E-state index contributed by atoms with van der Waals surface area (Å²) in [5, 5.41) is 3.19. The van der Waals surface area contributed by atoms with Crippen molar-refractivity contribution in [3.05, 3.63) is 23.8 Å². The van der Waals surface area contributed by atoms with Crippen molar-refractivity contribution in [2.75, 3.05) is 26.4 Å². The van der Waals surface area contributed by atoms with Crippen LogP contribution in [0.15, 0.2) is 18.2 Å². The Morgan fingerprint density at radius 2 is 2.00 bits per heavy atom. The zero-order chi connectivity index (χ0) is 14.2. The molecule has 5 heteroatoms. The first kappa shape index (κ1) is 13.0. The zero-order valence-electron chi connectivity index (χ0n) is 12.0. The van der Waals surface area contributed by atoms with Crippen molar-refractivity contribution in [2.24, 2.45) is 5.92 Å². The molecule has 5 nitrogen and oxygen atoms in total. The van der Waals surface area contributed by atoms with E-state index in [9.17, 15) is 4.79 Å². The quantitative estimate of drug-likeness (QED) is 0.898. The molecule has 1 amide bonds. The van der Waals surface area contributed by atoms with Gasteiger partial charge in [0.15, 0.2) is 11.5 Å². The van der Waals surface area contributed by atoms with Gasteiger partial charge in [-0.15, -0.1) is 0 Å². The molecule has 1 aromatic carbocycles. The fourth-order valence-corrected chi connectivity index (χ4v) is 3.60. The molecule has 2 bridgehead atoms. The van der Waals surface area contributed by atoms with Gasteiger partial charge < -0.3 is 19.7 Å². The fraction of sp³-hybridized carbons (Fsp3) is 0.562. The predicted octanol–water partition coefficient (Wildman–Crippen LogP) is 1.63. The number of amides is 1. The van der Waals surface area contributed by atoms with E-state index >= 15 is 0 Å². The number of fused-ring (bicyclic) bond motifs is 5. The van der Waals surface area contributed by atoms with Crippen LogP contribution in [0.2, 0.25) is 0 Å². The summed E-state index contributed by atoms with van der Waals surface area (Å²) in [6, 6.07) is 5.63. The highest BCUT2D eigenvalue weighted by Gasteiger charge is 2.30. The molecular formula is C16H20N2O3. The van der Waals surface area contributed by atoms with Gasteiger partial charge in [-0.2, -0.15) is 0 Å². The molecule has 112 valence electrons. The standard InChI is InChI=1S/C16H20N2O3/c19-16(12-1-2-14-15(8-12)21-10-20-14)17-13-7-11-3-5-18(9-13)6-4-11/h1-2,8,11,13H,3-7,9-10H2,(H,17,19)/t13-/m1/s1. The van der Waals surface area contributed by atoms with E-state index in [-0.39, 0.29) is 18.7 Å². The maximum atomic E-state index is 12.4. The summed E-state index contributed by atoms with van der Waals surface area (Å²) < 4.78 is 10.6. The molecule has 4 aliphatic rings. The molecule has 0 aromatic heterocycles. The highest BCUT2D eigenvalue weighted by atomic mass is 16.7. The van der Waals surface area contributed by atoms with Crippen LogP contribution in [-0.2, 0) is 0 Å². The molecule has 0 radical (unpaired) electrons. The van der Waals surface area contributed by atoms with Gasteiger partial charge in [0.1, 0.15) is 0 Å². The number of nitrogens with zero attached hydrogens (tertiary/aromatic N) is 1. The molecule has 4 aliphatic heterocycles. The number of hydrogen-bond acceptors (Lipinski definition) is 4. The molecular weight excluding hydrogens is 268 g/mol. The number of ether oxygens (including phenoxy) is 2. The van der Waals surface area contributed by atoms with Gasteiger partial charge in [0, 0.05) is 18.2 Å². The monoisotopic (exact) mass is 288 g/mol. The molecule has 5 rings (SSSR count). The molecule has 0 saturated carbocycles. The van der Waals surface area contributed by atoms with Gasteiger partial charge in [-0.05, 0) is 56.5 Å². The first-order chi connectivity index (χ1) is 10.3. The molecule has 1 N–H and O–H groups in total. The van der Waals surface area contributed by atoms with Crippen LogP contribution < -0.4 is 14.8 Å². The largest absolute Gasteiger partial charge is 0.454 e. The smallest absolute Gasteiger partial charge is 0.251 e. The van der Waals surface area contributed by atoms with Crippen LogP contribution in [0, 0.1) is 5.92 Å². The number of carbonyl (C=O) groups excluding carboxylic acids is 1. The number of hydrogen-bond donors (Lipinski definition) is 1. The second-order valence-corrected chi connectivity index (χ2v) is 6.22. The molecule has 1 aromatic rings. The topological polar surface area (TPSA) is 50.8 Å². The number of carbonyl (C=O) groups is 1. The highest BCUT2D eigenvalue weighted by Crippen LogP contribution is 2.32. The molecule has 1 atom stereocenters. The van der Waals surface area contributed by atoms with E-state index in [0.717, 1.165) is 18.9 Å². The number of nitrogens with one attached hydrogen (secondary N) is 1. The predicted molar refractivity (Wildman–Crippen MR) is 77.6 cm³/mol. The summed E-state index contributed by atoms with van der Waals surface area (Å²) in [6.45, 7) is 3.58. The minimum absolute atomic E-state index is 0.0131. The SMILES string of the molecule is O=C(N[C@@H]1CC2CCN(CC2)C1)c1ccc2c(c1)OCO2. The number of rotatable bonds is 2. The Morgan fingerprint density at radius 1 is 1.19 bits per heavy atom. The summed E-state index contributed by atoms with van der Waals surface area (Å²) in [4.78, 5) is 14.9. The second-order valence-electron chi connectivity index (χ2n) is 6.22. The molecule has 3 saturated heterocycles. The maximum absolute atomic E-state index is 12.4. The molecule has 0 spiro atoms. The van der Waals surface area contributed by atoms with E-state index in [1.807, 2.05) is 0 Å². The molecule has 3 fully saturated rings. The Hall–Kier alpha value is -1.75. The average molecular weight is 288 g/mol. The van der Waals surface area contributed by atoms with E-state index in [1.165, 1.54) is 25.9 Å². The molecule has 21 heavy (non-hydrogen) atoms. The Bertz CT molecular complexity index is 538. The van der Waals surface area contributed by atoms with Crippen molar-refractivity contribution in [3.63, 3.8) is 0 Å². The van der Waals surface area contributed by atoms with E-state index in [1.54, 1.807) is 18.2 Å². The van der Waals surface area contributed by atoms with Crippen LogP contribution in [0.25, 0.3) is 0 Å². The molecule has 4 heterocycles. The lowest BCUT2D eigenvalue weighted by Crippen LogP contribution is -2.41. The van der Waals surface area contributed by atoms with Crippen molar-refractivity contribution in [1.29, 1.82) is 0 Å². The molecule has 0 aliphatic carbocycles. The highest BCUT2D eigenvalue weighted by molar-refractivity contribution is 5.95. The lowest BCUT2D eigenvalue weighted by atomic mass is 9.94. The van der Waals surface area contributed by atoms with Crippen molar-refractivity contribution < 1.29 is 14.3 Å². The third kappa shape index (κ3) is 2.58. The fourth-order valence-electron chi connectivity index (χ4n) is 3.60. The summed E-state index contributed by atoms with van der Waals surface area (Å²) in [6.07, 6.45) is 3.65. The van der Waals surface area contributed by atoms with Crippen LogP contribution in [-0.4, -0.2) is 43.3 Å². The first-order valence-electron chi connectivity index (χ1n) is 7.71. The van der Waals surface area contributed by atoms with Gasteiger partial charge in [0.05, 0.1) is 0 Å². The van der Waals surface area contributed by atoms with E-state index in [4.69, 9.17) is 9.47 Å². The number of benzene rings is 1. The van der Waals surface area contributed by atoms with Crippen LogP contribution in [0.5, 0.6) is 11.5 Å². The minimum Gasteiger partial charge on any atom is -0.454 e. The lowest BCUT2D eigenvalue weighted by Gasteiger charge is -2.26. The van der Waals surface area contributed by atoms with E-state index in [0.29, 0.717) is 17.1 Å². The van der Waals surface area contributed by atoms with Crippen LogP contribution in [0.3, 0.4) is 0 Å². The summed E-state index contributed by atoms with van der Waals surface area (Å²) in [5.41, 5.74) is 0.644. The Labute approximate surface area is 124 Å². The first-order valence-corrected chi connectivity index (χ1v) is 7.71. The van der Waals surface area contributed by atoms with Crippen molar-refractivity contribution in [2.45, 2.75) is 25.3 Å².